The van der Waals surface area contributed by atoms with E-state index in [1.807, 2.05) is 0 Å². The second-order valence-corrected chi connectivity index (χ2v) is 6.15. The maximum Gasteiger partial charge on any atom is 0.419 e. The van der Waals surface area contributed by atoms with E-state index in [2.05, 4.69) is 16.9 Å². The molecule has 1 aliphatic carbocycles. The van der Waals surface area contributed by atoms with Crippen molar-refractivity contribution < 1.29 is 13.2 Å². The van der Waals surface area contributed by atoms with E-state index >= 15 is 0 Å². The SMILES string of the molecule is CSc1ncc(C(F)(F)F)c(CCC2(C)CCC2)n1. The van der Waals surface area contributed by atoms with E-state index in [4.69, 9.17) is 0 Å². The monoisotopic (exact) mass is 290 g/mol. The van der Waals surface area contributed by atoms with E-state index in [-0.39, 0.29) is 11.1 Å². The van der Waals surface area contributed by atoms with Crippen LogP contribution in [0.3, 0.4) is 0 Å². The smallest absolute Gasteiger partial charge is 0.230 e. The summed E-state index contributed by atoms with van der Waals surface area (Å²) in [6.45, 7) is 2.14. The molecule has 1 aliphatic rings. The van der Waals surface area contributed by atoms with E-state index in [0.29, 0.717) is 11.6 Å². The Labute approximate surface area is 115 Å². The number of aryl methyl sites for hydroxylation is 1. The number of thioether (sulfide) groups is 1. The maximum absolute atomic E-state index is 12.9. The first-order chi connectivity index (χ1) is 8.84. The van der Waals surface area contributed by atoms with Crippen molar-refractivity contribution in [2.45, 2.75) is 50.4 Å². The fraction of sp³-hybridized carbons (Fsp3) is 0.692. The van der Waals surface area contributed by atoms with Gasteiger partial charge in [-0.2, -0.15) is 13.2 Å². The molecule has 1 saturated carbocycles. The lowest BCUT2D eigenvalue weighted by atomic mass is 9.67. The summed E-state index contributed by atoms with van der Waals surface area (Å²) in [5.74, 6) is 0. The van der Waals surface area contributed by atoms with Gasteiger partial charge in [-0.3, -0.25) is 0 Å². The molecular weight excluding hydrogens is 273 g/mol. The Morgan fingerprint density at radius 2 is 2.05 bits per heavy atom. The van der Waals surface area contributed by atoms with Crippen molar-refractivity contribution in [3.63, 3.8) is 0 Å². The maximum atomic E-state index is 12.9. The highest BCUT2D eigenvalue weighted by Crippen LogP contribution is 2.44. The third-order valence-electron chi connectivity index (χ3n) is 3.86. The molecule has 2 nitrogen and oxygen atoms in total. The summed E-state index contributed by atoms with van der Waals surface area (Å²) in [6, 6.07) is 0. The zero-order chi connectivity index (χ0) is 14.1. The molecule has 19 heavy (non-hydrogen) atoms. The van der Waals surface area contributed by atoms with Gasteiger partial charge in [0.05, 0.1) is 11.3 Å². The molecule has 2 rings (SSSR count). The molecule has 6 heteroatoms. The Morgan fingerprint density at radius 3 is 2.53 bits per heavy atom. The van der Waals surface area contributed by atoms with E-state index in [1.165, 1.54) is 18.2 Å². The summed E-state index contributed by atoms with van der Waals surface area (Å²) in [6.07, 6.45) is 2.85. The van der Waals surface area contributed by atoms with Crippen LogP contribution in [0.15, 0.2) is 11.4 Å². The Bertz CT molecular complexity index is 456. The lowest BCUT2D eigenvalue weighted by molar-refractivity contribution is -0.138. The highest BCUT2D eigenvalue weighted by molar-refractivity contribution is 7.98. The highest BCUT2D eigenvalue weighted by Gasteiger charge is 2.36. The van der Waals surface area contributed by atoms with Crippen LogP contribution in [0.1, 0.15) is 43.9 Å². The minimum atomic E-state index is -4.37. The van der Waals surface area contributed by atoms with Crippen LogP contribution in [-0.2, 0) is 12.6 Å². The number of hydrogen-bond donors (Lipinski definition) is 0. The third kappa shape index (κ3) is 3.41. The molecule has 0 unspecified atom stereocenters. The summed E-state index contributed by atoms with van der Waals surface area (Å²) < 4.78 is 38.7. The predicted molar refractivity (Wildman–Crippen MR) is 69.1 cm³/mol. The van der Waals surface area contributed by atoms with Gasteiger partial charge < -0.3 is 0 Å². The van der Waals surface area contributed by atoms with Crippen LogP contribution >= 0.6 is 11.8 Å². The molecule has 0 aromatic carbocycles. The van der Waals surface area contributed by atoms with Gasteiger partial charge >= 0.3 is 6.18 Å². The van der Waals surface area contributed by atoms with Crippen molar-refractivity contribution >= 4 is 11.8 Å². The van der Waals surface area contributed by atoms with Gasteiger partial charge in [0.2, 0.25) is 0 Å². The molecular formula is C13H17F3N2S. The summed E-state index contributed by atoms with van der Waals surface area (Å²) >= 11 is 1.27. The average Bonchev–Trinajstić information content (AvgIpc) is 2.32. The van der Waals surface area contributed by atoms with Gasteiger partial charge in [0.25, 0.3) is 0 Å². The van der Waals surface area contributed by atoms with E-state index in [0.717, 1.165) is 25.5 Å². The summed E-state index contributed by atoms with van der Waals surface area (Å²) in [5, 5.41) is 0.404. The quantitative estimate of drug-likeness (QED) is 0.609. The van der Waals surface area contributed by atoms with Gasteiger partial charge in [0, 0.05) is 6.20 Å². The number of halogens is 3. The molecule has 1 aromatic heterocycles. The molecule has 0 N–H and O–H groups in total. The van der Waals surface area contributed by atoms with Crippen LogP contribution in [0.25, 0.3) is 0 Å². The Hall–Kier alpha value is -0.780. The van der Waals surface area contributed by atoms with Crippen LogP contribution in [0.5, 0.6) is 0 Å². The fourth-order valence-corrected chi connectivity index (χ4v) is 2.73. The first-order valence-electron chi connectivity index (χ1n) is 6.31. The zero-order valence-electron chi connectivity index (χ0n) is 11.0. The summed E-state index contributed by atoms with van der Waals surface area (Å²) in [5.41, 5.74) is -0.346. The lowest BCUT2D eigenvalue weighted by Gasteiger charge is -2.38. The predicted octanol–water partition coefficient (Wildman–Crippen LogP) is 4.34. The number of rotatable bonds is 4. The minimum absolute atomic E-state index is 0.139. The van der Waals surface area contributed by atoms with Crippen LogP contribution in [-0.4, -0.2) is 16.2 Å². The van der Waals surface area contributed by atoms with Crippen molar-refractivity contribution in [1.82, 2.24) is 9.97 Å². The molecule has 1 heterocycles. The third-order valence-corrected chi connectivity index (χ3v) is 4.42. The summed E-state index contributed by atoms with van der Waals surface area (Å²) in [4.78, 5) is 7.79. The zero-order valence-corrected chi connectivity index (χ0v) is 11.9. The summed E-state index contributed by atoms with van der Waals surface area (Å²) in [7, 11) is 0. The van der Waals surface area contributed by atoms with Crippen LogP contribution in [0.2, 0.25) is 0 Å². The van der Waals surface area contributed by atoms with Gasteiger partial charge in [-0.05, 0) is 37.4 Å². The van der Waals surface area contributed by atoms with Gasteiger partial charge in [0.15, 0.2) is 5.16 Å². The van der Waals surface area contributed by atoms with Gasteiger partial charge in [-0.1, -0.05) is 25.1 Å². The number of nitrogens with zero attached hydrogens (tertiary/aromatic N) is 2. The van der Waals surface area contributed by atoms with Crippen molar-refractivity contribution in [2.24, 2.45) is 5.41 Å². The molecule has 1 aromatic rings. The van der Waals surface area contributed by atoms with Gasteiger partial charge in [-0.15, -0.1) is 0 Å². The molecule has 0 amide bonds. The average molecular weight is 290 g/mol. The van der Waals surface area contributed by atoms with E-state index in [9.17, 15) is 13.2 Å². The number of aromatic nitrogens is 2. The Kier molecular flexibility index (Phi) is 4.08. The molecule has 106 valence electrons. The lowest BCUT2D eigenvalue weighted by Crippen LogP contribution is -2.26. The van der Waals surface area contributed by atoms with Crippen molar-refractivity contribution in [1.29, 1.82) is 0 Å². The van der Waals surface area contributed by atoms with Crippen molar-refractivity contribution in [3.05, 3.63) is 17.5 Å². The van der Waals surface area contributed by atoms with Gasteiger partial charge in [-0.25, -0.2) is 9.97 Å². The standard InChI is InChI=1S/C13H17F3N2S/c1-12(5-3-6-12)7-4-10-9(13(14,15)16)8-17-11(18-10)19-2/h8H,3-7H2,1-2H3. The minimum Gasteiger partial charge on any atom is -0.230 e. The first kappa shape index (κ1) is 14.6. The molecule has 0 bridgehead atoms. The topological polar surface area (TPSA) is 25.8 Å². The molecule has 0 atom stereocenters. The number of hydrogen-bond acceptors (Lipinski definition) is 3. The molecule has 0 radical (unpaired) electrons. The number of alkyl halides is 3. The molecule has 1 fully saturated rings. The second kappa shape index (κ2) is 5.31. The normalized spacial score (nSPS) is 18.2. The molecule has 0 spiro atoms. The van der Waals surface area contributed by atoms with Crippen molar-refractivity contribution in [3.8, 4) is 0 Å². The second-order valence-electron chi connectivity index (χ2n) is 5.38. The Morgan fingerprint density at radius 1 is 1.37 bits per heavy atom. The van der Waals surface area contributed by atoms with Gasteiger partial charge in [0.1, 0.15) is 0 Å². The fourth-order valence-electron chi connectivity index (χ4n) is 2.38. The molecule has 0 aliphatic heterocycles. The van der Waals surface area contributed by atoms with Crippen LogP contribution in [0, 0.1) is 5.41 Å². The largest absolute Gasteiger partial charge is 0.419 e. The van der Waals surface area contributed by atoms with E-state index < -0.39 is 11.7 Å². The van der Waals surface area contributed by atoms with Crippen LogP contribution < -0.4 is 0 Å². The Balaban J connectivity index is 2.20. The van der Waals surface area contributed by atoms with Crippen LogP contribution in [0.4, 0.5) is 13.2 Å². The molecule has 0 saturated heterocycles. The van der Waals surface area contributed by atoms with Crippen molar-refractivity contribution in [2.75, 3.05) is 6.26 Å². The highest BCUT2D eigenvalue weighted by atomic mass is 32.2. The van der Waals surface area contributed by atoms with E-state index in [1.54, 1.807) is 6.26 Å². The first-order valence-corrected chi connectivity index (χ1v) is 7.54.